The molecule has 0 aromatic heterocycles. The van der Waals surface area contributed by atoms with E-state index in [1.807, 2.05) is 0 Å². The van der Waals surface area contributed by atoms with E-state index in [4.69, 9.17) is 9.47 Å². The lowest BCUT2D eigenvalue weighted by molar-refractivity contribution is -0.384. The number of benzene rings is 1. The highest BCUT2D eigenvalue weighted by molar-refractivity contribution is 7.93. The Morgan fingerprint density at radius 1 is 1.17 bits per heavy atom. The van der Waals surface area contributed by atoms with Gasteiger partial charge in [0.05, 0.1) is 35.0 Å². The van der Waals surface area contributed by atoms with Crippen LogP contribution in [-0.4, -0.2) is 56.9 Å². The summed E-state index contributed by atoms with van der Waals surface area (Å²) in [4.78, 5) is 35.0. The van der Waals surface area contributed by atoms with Crippen molar-refractivity contribution in [1.29, 1.82) is 0 Å². The van der Waals surface area contributed by atoms with Crippen LogP contribution in [0.4, 0.5) is 5.69 Å². The van der Waals surface area contributed by atoms with E-state index in [1.165, 1.54) is 36.7 Å². The fourth-order valence-corrected chi connectivity index (χ4v) is 5.83. The van der Waals surface area contributed by atoms with Gasteiger partial charge in [-0.25, -0.2) is 17.5 Å². The van der Waals surface area contributed by atoms with Crippen molar-refractivity contribution in [2.45, 2.75) is 52.4 Å². The first-order valence-electron chi connectivity index (χ1n) is 11.6. The van der Waals surface area contributed by atoms with E-state index in [9.17, 15) is 28.1 Å². The Morgan fingerprint density at radius 2 is 1.86 bits per heavy atom. The Hall–Kier alpha value is -3.25. The highest BCUT2D eigenvalue weighted by atomic mass is 32.2. The number of nitro benzene ring substituents is 1. The van der Waals surface area contributed by atoms with Gasteiger partial charge in [-0.05, 0) is 39.2 Å². The molecule has 0 saturated heterocycles. The molecule has 1 aliphatic rings. The minimum Gasteiger partial charge on any atom is -0.466 e. The van der Waals surface area contributed by atoms with E-state index in [2.05, 4.69) is 5.32 Å². The number of nitro groups is 1. The second kappa shape index (κ2) is 12.6. The average Bonchev–Trinajstić information content (AvgIpc) is 2.82. The third-order valence-electron chi connectivity index (χ3n) is 5.87. The second-order valence-corrected chi connectivity index (χ2v) is 10.4. The molecule has 0 saturated carbocycles. The quantitative estimate of drug-likeness (QED) is 0.189. The lowest BCUT2D eigenvalue weighted by Gasteiger charge is -2.33. The van der Waals surface area contributed by atoms with Crippen LogP contribution in [0.15, 0.2) is 46.1 Å². The average molecular weight is 524 g/mol. The minimum absolute atomic E-state index is 0.0602. The summed E-state index contributed by atoms with van der Waals surface area (Å²) in [5.41, 5.74) is 0.829. The van der Waals surface area contributed by atoms with Crippen LogP contribution in [0, 0.1) is 10.1 Å². The largest absolute Gasteiger partial charge is 0.466 e. The molecule has 0 amide bonds. The molecule has 0 bridgehead atoms. The van der Waals surface area contributed by atoms with Crippen LogP contribution in [0.25, 0.3) is 0 Å². The van der Waals surface area contributed by atoms with E-state index in [-0.39, 0.29) is 40.7 Å². The smallest absolute Gasteiger partial charge is 0.336 e. The van der Waals surface area contributed by atoms with E-state index < -0.39 is 26.8 Å². The molecule has 0 aliphatic carbocycles. The number of carbonyl (C=O) groups excluding carboxylic acids is 2. The van der Waals surface area contributed by atoms with Gasteiger partial charge in [-0.1, -0.05) is 18.6 Å². The number of rotatable bonds is 12. The normalized spacial score (nSPS) is 16.1. The summed E-state index contributed by atoms with van der Waals surface area (Å²) in [6, 6.07) is 5.57. The Morgan fingerprint density at radius 3 is 2.47 bits per heavy atom. The van der Waals surface area contributed by atoms with Crippen LogP contribution in [0.3, 0.4) is 0 Å². The molecule has 1 N–H and O–H groups in total. The summed E-state index contributed by atoms with van der Waals surface area (Å²) in [7, 11) is -1.48. The van der Waals surface area contributed by atoms with E-state index in [0.29, 0.717) is 37.3 Å². The lowest BCUT2D eigenvalue weighted by Crippen LogP contribution is -2.37. The lowest BCUT2D eigenvalue weighted by atomic mass is 9.86. The van der Waals surface area contributed by atoms with Crippen molar-refractivity contribution in [2.24, 2.45) is 0 Å². The van der Waals surface area contributed by atoms with Crippen molar-refractivity contribution in [1.82, 2.24) is 9.62 Å². The maximum Gasteiger partial charge on any atom is 0.336 e. The standard InChI is InChI=1S/C24H33N3O8S/c1-6-35-20(28)13-8-7-9-14-26(4)36(32,33)23-17(3)25-16(2)21(24(29)34-5)22(23)18-11-10-12-19(15-18)27(30)31/h10-12,15,22,25H,6-9,13-14H2,1-5H3. The summed E-state index contributed by atoms with van der Waals surface area (Å²) >= 11 is 0. The highest BCUT2D eigenvalue weighted by Crippen LogP contribution is 2.42. The number of nitrogens with zero attached hydrogens (tertiary/aromatic N) is 2. The first-order chi connectivity index (χ1) is 16.9. The Bertz CT molecular complexity index is 1170. The molecular formula is C24H33N3O8S. The number of esters is 2. The Labute approximate surface area is 211 Å². The maximum absolute atomic E-state index is 13.8. The molecule has 198 valence electrons. The van der Waals surface area contributed by atoms with Crippen LogP contribution >= 0.6 is 0 Å². The molecule has 1 aromatic rings. The third-order valence-corrected chi connectivity index (χ3v) is 7.97. The molecule has 1 aromatic carbocycles. The van der Waals surface area contributed by atoms with Crippen LogP contribution in [0.2, 0.25) is 0 Å². The molecule has 1 unspecified atom stereocenters. The number of nitrogens with one attached hydrogen (secondary N) is 1. The van der Waals surface area contributed by atoms with Crippen molar-refractivity contribution >= 4 is 27.6 Å². The van der Waals surface area contributed by atoms with Gasteiger partial charge in [-0.2, -0.15) is 0 Å². The van der Waals surface area contributed by atoms with Gasteiger partial charge in [-0.3, -0.25) is 14.9 Å². The van der Waals surface area contributed by atoms with Gasteiger partial charge < -0.3 is 14.8 Å². The SMILES string of the molecule is CCOC(=O)CCCCCN(C)S(=O)(=O)C1=C(C)NC(C)=C(C(=O)OC)C1c1cccc([N+](=O)[O-])c1. The van der Waals surface area contributed by atoms with Crippen molar-refractivity contribution in [2.75, 3.05) is 27.3 Å². The number of unbranched alkanes of at least 4 members (excludes halogenated alkanes) is 2. The summed E-state index contributed by atoms with van der Waals surface area (Å²) < 4.78 is 38.6. The number of methoxy groups -OCH3 is 1. The second-order valence-electron chi connectivity index (χ2n) is 8.37. The number of hydrogen-bond acceptors (Lipinski definition) is 9. The molecule has 0 spiro atoms. The summed E-state index contributed by atoms with van der Waals surface area (Å²) in [5, 5.41) is 14.4. The van der Waals surface area contributed by atoms with Crippen molar-refractivity contribution < 1.29 is 32.4 Å². The summed E-state index contributed by atoms with van der Waals surface area (Å²) in [5.74, 6) is -2.13. The molecule has 0 radical (unpaired) electrons. The van der Waals surface area contributed by atoms with Crippen molar-refractivity contribution in [3.8, 4) is 0 Å². The minimum atomic E-state index is -4.10. The number of sulfonamides is 1. The van der Waals surface area contributed by atoms with Crippen molar-refractivity contribution in [3.05, 3.63) is 61.8 Å². The molecule has 1 heterocycles. The Kier molecular flexibility index (Phi) is 10.2. The zero-order chi connectivity index (χ0) is 27.0. The van der Waals surface area contributed by atoms with Crippen LogP contribution < -0.4 is 5.32 Å². The highest BCUT2D eigenvalue weighted by Gasteiger charge is 2.41. The van der Waals surface area contributed by atoms with E-state index in [1.54, 1.807) is 26.8 Å². The molecule has 1 aliphatic heterocycles. The number of allylic oxidation sites excluding steroid dienone is 3. The van der Waals surface area contributed by atoms with Crippen LogP contribution in [0.5, 0.6) is 0 Å². The van der Waals surface area contributed by atoms with Gasteiger partial charge in [0.2, 0.25) is 10.0 Å². The fourth-order valence-electron chi connectivity index (χ4n) is 4.14. The molecule has 2 rings (SSSR count). The van der Waals surface area contributed by atoms with Gasteiger partial charge in [0.15, 0.2) is 0 Å². The first-order valence-corrected chi connectivity index (χ1v) is 13.0. The predicted molar refractivity (Wildman–Crippen MR) is 133 cm³/mol. The molecule has 0 fully saturated rings. The summed E-state index contributed by atoms with van der Waals surface area (Å²) in [6.45, 7) is 5.44. The number of dihydropyridines is 1. The zero-order valence-corrected chi connectivity index (χ0v) is 22.0. The van der Waals surface area contributed by atoms with Gasteiger partial charge in [-0.15, -0.1) is 0 Å². The molecule has 12 heteroatoms. The molecule has 1 atom stereocenters. The van der Waals surface area contributed by atoms with Gasteiger partial charge in [0, 0.05) is 43.5 Å². The zero-order valence-electron chi connectivity index (χ0n) is 21.2. The monoisotopic (exact) mass is 523 g/mol. The number of ether oxygens (including phenoxy) is 2. The molecular weight excluding hydrogens is 490 g/mol. The molecule has 11 nitrogen and oxygen atoms in total. The van der Waals surface area contributed by atoms with Crippen LogP contribution in [0.1, 0.15) is 57.9 Å². The van der Waals surface area contributed by atoms with Gasteiger partial charge in [0.1, 0.15) is 0 Å². The first kappa shape index (κ1) is 29.0. The van der Waals surface area contributed by atoms with E-state index in [0.717, 1.165) is 0 Å². The fraction of sp³-hybridized carbons (Fsp3) is 0.500. The van der Waals surface area contributed by atoms with Gasteiger partial charge in [0.25, 0.3) is 5.69 Å². The summed E-state index contributed by atoms with van der Waals surface area (Å²) in [6.07, 6.45) is 1.96. The Balaban J connectivity index is 2.40. The van der Waals surface area contributed by atoms with E-state index >= 15 is 0 Å². The van der Waals surface area contributed by atoms with Crippen molar-refractivity contribution in [3.63, 3.8) is 0 Å². The number of non-ortho nitro benzene ring substituents is 1. The molecule has 36 heavy (non-hydrogen) atoms. The van der Waals surface area contributed by atoms with Gasteiger partial charge >= 0.3 is 11.9 Å². The number of hydrogen-bond donors (Lipinski definition) is 1. The van der Waals surface area contributed by atoms with Crippen LogP contribution in [-0.2, 0) is 29.1 Å². The maximum atomic E-state index is 13.8. The third kappa shape index (κ3) is 6.70. The predicted octanol–water partition coefficient (Wildman–Crippen LogP) is 3.35. The number of carbonyl (C=O) groups is 2. The topological polar surface area (TPSA) is 145 Å².